The molecular formula is C26H20F2N2O3. The fourth-order valence-corrected chi connectivity index (χ4v) is 4.65. The summed E-state index contributed by atoms with van der Waals surface area (Å²) in [6.07, 6.45) is 6.95. The van der Waals surface area contributed by atoms with Crippen LogP contribution in [0.4, 0.5) is 14.5 Å². The van der Waals surface area contributed by atoms with Crippen LogP contribution < -0.4 is 4.90 Å². The Labute approximate surface area is 189 Å². The van der Waals surface area contributed by atoms with E-state index in [9.17, 15) is 23.5 Å². The molecule has 5 nitrogen and oxygen atoms in total. The Morgan fingerprint density at radius 1 is 1.00 bits per heavy atom. The lowest BCUT2D eigenvalue weighted by atomic mass is 9.89. The number of hydrogen-bond donors (Lipinski definition) is 1. The van der Waals surface area contributed by atoms with Crippen molar-refractivity contribution in [2.75, 3.05) is 4.90 Å². The number of Topliss-reactive ketones (excluding diaryl/α,β-unsaturated/α-hetero) is 1. The highest BCUT2D eigenvalue weighted by molar-refractivity contribution is 6.51. The lowest BCUT2D eigenvalue weighted by Crippen LogP contribution is -2.30. The summed E-state index contributed by atoms with van der Waals surface area (Å²) < 4.78 is 28.2. The highest BCUT2D eigenvalue weighted by atomic mass is 19.1. The molecule has 2 aliphatic rings. The first kappa shape index (κ1) is 21.0. The van der Waals surface area contributed by atoms with Crippen LogP contribution in [0.5, 0.6) is 0 Å². The Hall–Kier alpha value is -3.87. The Morgan fingerprint density at radius 2 is 1.79 bits per heavy atom. The molecule has 33 heavy (non-hydrogen) atoms. The summed E-state index contributed by atoms with van der Waals surface area (Å²) in [5.74, 6) is -4.07. The Bertz CT molecular complexity index is 1300. The standard InChI is InChI=1S/C26H20F2N2O3/c27-19-9-10-21(20(28)13-19)30-23(18-6-3-11-29-14-18)22(25(32)26(30)33)24(31)17-8-7-15-4-1-2-5-16(15)12-17/h3,6-14,23,31H,1-2,4-5H2/b24-22-. The number of aliphatic hydroxyl groups excluding tert-OH is 1. The number of carbonyl (C=O) groups excluding carboxylic acids is 2. The van der Waals surface area contributed by atoms with E-state index >= 15 is 0 Å². The van der Waals surface area contributed by atoms with Crippen molar-refractivity contribution in [2.24, 2.45) is 0 Å². The number of halogens is 2. The maximum atomic E-state index is 14.7. The zero-order chi connectivity index (χ0) is 23.1. The molecule has 0 spiro atoms. The van der Waals surface area contributed by atoms with Gasteiger partial charge in [-0.25, -0.2) is 8.78 Å². The van der Waals surface area contributed by atoms with E-state index in [-0.39, 0.29) is 17.0 Å². The number of rotatable bonds is 3. The van der Waals surface area contributed by atoms with E-state index in [4.69, 9.17) is 0 Å². The molecule has 1 aromatic heterocycles. The van der Waals surface area contributed by atoms with Crippen LogP contribution in [0, 0.1) is 11.6 Å². The van der Waals surface area contributed by atoms with Crippen LogP contribution in [0.15, 0.2) is 66.5 Å². The number of aryl methyl sites for hydroxylation is 2. The van der Waals surface area contributed by atoms with Crippen LogP contribution >= 0.6 is 0 Å². The van der Waals surface area contributed by atoms with Gasteiger partial charge in [0.1, 0.15) is 17.4 Å². The second kappa shape index (κ2) is 8.24. The summed E-state index contributed by atoms with van der Waals surface area (Å²) in [5.41, 5.74) is 2.73. The molecule has 1 aliphatic heterocycles. The van der Waals surface area contributed by atoms with E-state index in [2.05, 4.69) is 4.98 Å². The predicted molar refractivity (Wildman–Crippen MR) is 118 cm³/mol. The molecule has 1 aliphatic carbocycles. The number of aliphatic hydroxyl groups is 1. The van der Waals surface area contributed by atoms with Crippen molar-refractivity contribution in [2.45, 2.75) is 31.7 Å². The van der Waals surface area contributed by atoms with Crippen molar-refractivity contribution in [3.63, 3.8) is 0 Å². The number of aromatic nitrogens is 1. The molecule has 5 rings (SSSR count). The number of benzene rings is 2. The van der Waals surface area contributed by atoms with Crippen molar-refractivity contribution in [1.29, 1.82) is 0 Å². The van der Waals surface area contributed by atoms with Crippen LogP contribution in [0.2, 0.25) is 0 Å². The minimum atomic E-state index is -1.12. The minimum Gasteiger partial charge on any atom is -0.507 e. The van der Waals surface area contributed by atoms with Gasteiger partial charge in [0.2, 0.25) is 0 Å². The topological polar surface area (TPSA) is 70.5 Å². The largest absolute Gasteiger partial charge is 0.507 e. The SMILES string of the molecule is O=C1C(=O)N(c2ccc(F)cc2F)C(c2cccnc2)/C1=C(/O)c1ccc2c(c1)CCCC2. The highest BCUT2D eigenvalue weighted by Gasteiger charge is 2.47. The second-order valence-corrected chi connectivity index (χ2v) is 8.24. The van der Waals surface area contributed by atoms with Gasteiger partial charge in [0.25, 0.3) is 11.7 Å². The molecule has 2 heterocycles. The smallest absolute Gasteiger partial charge is 0.300 e. The minimum absolute atomic E-state index is 0.160. The summed E-state index contributed by atoms with van der Waals surface area (Å²) in [4.78, 5) is 31.2. The summed E-state index contributed by atoms with van der Waals surface area (Å²) in [5, 5.41) is 11.2. The van der Waals surface area contributed by atoms with Gasteiger partial charge in [-0.15, -0.1) is 0 Å². The van der Waals surface area contributed by atoms with Gasteiger partial charge in [0.05, 0.1) is 17.3 Å². The van der Waals surface area contributed by atoms with E-state index in [1.54, 1.807) is 18.2 Å². The molecule has 7 heteroatoms. The van der Waals surface area contributed by atoms with E-state index in [1.807, 2.05) is 12.1 Å². The number of amides is 1. The third-order valence-electron chi connectivity index (χ3n) is 6.24. The maximum Gasteiger partial charge on any atom is 0.300 e. The van der Waals surface area contributed by atoms with Crippen molar-refractivity contribution < 1.29 is 23.5 Å². The molecule has 3 aromatic rings. The van der Waals surface area contributed by atoms with Gasteiger partial charge >= 0.3 is 0 Å². The van der Waals surface area contributed by atoms with Crippen molar-refractivity contribution in [1.82, 2.24) is 4.98 Å². The lowest BCUT2D eigenvalue weighted by molar-refractivity contribution is -0.132. The maximum absolute atomic E-state index is 14.7. The van der Waals surface area contributed by atoms with Gasteiger partial charge in [-0.3, -0.25) is 19.5 Å². The number of anilines is 1. The number of hydrogen-bond acceptors (Lipinski definition) is 4. The normalized spacial score (nSPS) is 19.6. The van der Waals surface area contributed by atoms with Crippen LogP contribution in [0.1, 0.15) is 41.1 Å². The monoisotopic (exact) mass is 446 g/mol. The van der Waals surface area contributed by atoms with Gasteiger partial charge in [-0.1, -0.05) is 18.2 Å². The molecule has 0 bridgehead atoms. The van der Waals surface area contributed by atoms with E-state index in [1.165, 1.54) is 18.0 Å². The second-order valence-electron chi connectivity index (χ2n) is 8.24. The van der Waals surface area contributed by atoms with Crippen molar-refractivity contribution in [3.05, 3.63) is 100 Å². The number of pyridine rings is 1. The molecule has 166 valence electrons. The molecule has 1 fully saturated rings. The van der Waals surface area contributed by atoms with Gasteiger partial charge in [-0.2, -0.15) is 0 Å². The summed E-state index contributed by atoms with van der Waals surface area (Å²) >= 11 is 0. The first-order valence-corrected chi connectivity index (χ1v) is 10.7. The Kier molecular flexibility index (Phi) is 5.24. The highest BCUT2D eigenvalue weighted by Crippen LogP contribution is 2.43. The quantitative estimate of drug-likeness (QED) is 0.354. The molecule has 0 saturated carbocycles. The zero-order valence-electron chi connectivity index (χ0n) is 17.6. The molecule has 1 unspecified atom stereocenters. The molecule has 1 N–H and O–H groups in total. The van der Waals surface area contributed by atoms with Gasteiger partial charge in [0, 0.05) is 24.0 Å². The van der Waals surface area contributed by atoms with Crippen LogP contribution in [-0.4, -0.2) is 21.8 Å². The van der Waals surface area contributed by atoms with Crippen molar-refractivity contribution in [3.8, 4) is 0 Å². The predicted octanol–water partition coefficient (Wildman–Crippen LogP) is 4.86. The average molecular weight is 446 g/mol. The number of carbonyl (C=O) groups is 2. The van der Waals surface area contributed by atoms with Crippen molar-refractivity contribution >= 4 is 23.1 Å². The first-order valence-electron chi connectivity index (χ1n) is 10.7. The number of nitrogens with zero attached hydrogens (tertiary/aromatic N) is 2. The number of fused-ring (bicyclic) bond motifs is 1. The summed E-state index contributed by atoms with van der Waals surface area (Å²) in [6.45, 7) is 0. The van der Waals surface area contributed by atoms with Crippen LogP contribution in [0.25, 0.3) is 5.76 Å². The third-order valence-corrected chi connectivity index (χ3v) is 6.24. The van der Waals surface area contributed by atoms with E-state index in [0.29, 0.717) is 17.2 Å². The lowest BCUT2D eigenvalue weighted by Gasteiger charge is -2.25. The van der Waals surface area contributed by atoms with Crippen LogP contribution in [-0.2, 0) is 22.4 Å². The average Bonchev–Trinajstić information content (AvgIpc) is 3.09. The Morgan fingerprint density at radius 3 is 2.52 bits per heavy atom. The fraction of sp³-hybridized carbons (Fsp3) is 0.192. The molecular weight excluding hydrogens is 426 g/mol. The number of ketones is 1. The Balaban J connectivity index is 1.70. The molecule has 2 aromatic carbocycles. The molecule has 1 amide bonds. The van der Waals surface area contributed by atoms with Gasteiger partial charge in [0.15, 0.2) is 0 Å². The summed E-state index contributed by atoms with van der Waals surface area (Å²) in [6, 6.07) is 10.4. The summed E-state index contributed by atoms with van der Waals surface area (Å²) in [7, 11) is 0. The van der Waals surface area contributed by atoms with Gasteiger partial charge in [-0.05, 0) is 66.6 Å². The fourth-order valence-electron chi connectivity index (χ4n) is 4.65. The zero-order valence-corrected chi connectivity index (χ0v) is 17.6. The van der Waals surface area contributed by atoms with Crippen LogP contribution in [0.3, 0.4) is 0 Å². The third kappa shape index (κ3) is 3.59. The molecule has 0 radical (unpaired) electrons. The van der Waals surface area contributed by atoms with E-state index < -0.39 is 29.4 Å². The molecule has 1 atom stereocenters. The van der Waals surface area contributed by atoms with Gasteiger partial charge < -0.3 is 5.11 Å². The van der Waals surface area contributed by atoms with E-state index in [0.717, 1.165) is 48.3 Å². The first-order chi connectivity index (χ1) is 16.0. The molecule has 1 saturated heterocycles.